The van der Waals surface area contributed by atoms with E-state index in [2.05, 4.69) is 9.55 Å². The van der Waals surface area contributed by atoms with Crippen LogP contribution in [0.2, 0.25) is 0 Å². The van der Waals surface area contributed by atoms with Crippen LogP contribution in [0.15, 0.2) is 12.4 Å². The second kappa shape index (κ2) is 6.20. The van der Waals surface area contributed by atoms with Gasteiger partial charge in [-0.1, -0.05) is 0 Å². The van der Waals surface area contributed by atoms with E-state index in [9.17, 15) is 4.79 Å². The van der Waals surface area contributed by atoms with Crippen LogP contribution in [0.5, 0.6) is 0 Å². The summed E-state index contributed by atoms with van der Waals surface area (Å²) in [7, 11) is 0. The van der Waals surface area contributed by atoms with Crippen LogP contribution in [0, 0.1) is 6.92 Å². The largest absolute Gasteiger partial charge is 0.337 e. The summed E-state index contributed by atoms with van der Waals surface area (Å²) < 4.78 is 2.09. The number of carbonyl (C=O) groups is 1. The molecule has 0 radical (unpaired) electrons. The molecule has 1 aliphatic heterocycles. The molecule has 2 unspecified atom stereocenters. The van der Waals surface area contributed by atoms with Crippen molar-refractivity contribution in [1.29, 1.82) is 0 Å². The van der Waals surface area contributed by atoms with Crippen molar-refractivity contribution in [3.8, 4) is 0 Å². The lowest BCUT2D eigenvalue weighted by molar-refractivity contribution is -0.133. The molecule has 1 aromatic heterocycles. The van der Waals surface area contributed by atoms with Gasteiger partial charge in [-0.15, -0.1) is 12.4 Å². The minimum Gasteiger partial charge on any atom is -0.337 e. The summed E-state index contributed by atoms with van der Waals surface area (Å²) in [6.07, 6.45) is 5.87. The van der Waals surface area contributed by atoms with Gasteiger partial charge in [-0.25, -0.2) is 4.98 Å². The Morgan fingerprint density at radius 2 is 2.39 bits per heavy atom. The van der Waals surface area contributed by atoms with Crippen LogP contribution in [0.3, 0.4) is 0 Å². The van der Waals surface area contributed by atoms with Crippen molar-refractivity contribution in [2.24, 2.45) is 5.73 Å². The van der Waals surface area contributed by atoms with Gasteiger partial charge in [-0.3, -0.25) is 4.79 Å². The van der Waals surface area contributed by atoms with E-state index in [0.29, 0.717) is 0 Å². The molecule has 2 heterocycles. The third kappa shape index (κ3) is 3.03. The summed E-state index contributed by atoms with van der Waals surface area (Å²) in [6, 6.07) is -0.138. The summed E-state index contributed by atoms with van der Waals surface area (Å²) in [5, 5.41) is 0. The number of nitrogens with zero attached hydrogens (tertiary/aromatic N) is 3. The molecule has 1 fully saturated rings. The summed E-state index contributed by atoms with van der Waals surface area (Å²) >= 11 is 0. The highest BCUT2D eigenvalue weighted by atomic mass is 35.5. The first-order valence-corrected chi connectivity index (χ1v) is 6.13. The van der Waals surface area contributed by atoms with Gasteiger partial charge in [0.2, 0.25) is 5.91 Å². The summed E-state index contributed by atoms with van der Waals surface area (Å²) in [5.74, 6) is 1.05. The first-order chi connectivity index (χ1) is 8.09. The number of nitrogens with two attached hydrogens (primary N) is 1. The van der Waals surface area contributed by atoms with Crippen LogP contribution in [0.4, 0.5) is 0 Å². The molecule has 0 bridgehead atoms. The summed E-state index contributed by atoms with van der Waals surface area (Å²) in [4.78, 5) is 18.1. The molecule has 0 saturated carbocycles. The first kappa shape index (κ1) is 15.0. The lowest BCUT2D eigenvalue weighted by Gasteiger charge is -2.26. The van der Waals surface area contributed by atoms with Gasteiger partial charge in [0.1, 0.15) is 5.82 Å². The molecule has 1 amide bonds. The van der Waals surface area contributed by atoms with Crippen LogP contribution in [-0.2, 0) is 11.3 Å². The number of hydrogen-bond acceptors (Lipinski definition) is 3. The predicted molar refractivity (Wildman–Crippen MR) is 72.6 cm³/mol. The Morgan fingerprint density at radius 3 is 2.94 bits per heavy atom. The molecular formula is C12H21ClN4O. The molecule has 5 nitrogen and oxygen atoms in total. The third-order valence-corrected chi connectivity index (χ3v) is 3.38. The maximum absolute atomic E-state index is 11.9. The Hall–Kier alpha value is -1.07. The quantitative estimate of drug-likeness (QED) is 0.891. The van der Waals surface area contributed by atoms with E-state index in [4.69, 9.17) is 5.73 Å². The van der Waals surface area contributed by atoms with E-state index < -0.39 is 6.04 Å². The number of hydrogen-bond donors (Lipinski definition) is 1. The topological polar surface area (TPSA) is 64.2 Å². The molecule has 2 N–H and O–H groups in total. The van der Waals surface area contributed by atoms with Crippen molar-refractivity contribution < 1.29 is 4.79 Å². The van der Waals surface area contributed by atoms with Crippen LogP contribution in [-0.4, -0.2) is 39.0 Å². The number of likely N-dealkylation sites (tertiary alicyclic amines) is 1. The lowest BCUT2D eigenvalue weighted by Crippen LogP contribution is -2.45. The fourth-order valence-corrected chi connectivity index (χ4v) is 2.40. The summed E-state index contributed by atoms with van der Waals surface area (Å²) in [5.41, 5.74) is 5.67. The molecule has 2 atom stereocenters. The average molecular weight is 273 g/mol. The maximum atomic E-state index is 11.9. The second-order valence-corrected chi connectivity index (χ2v) is 4.74. The van der Waals surface area contributed by atoms with Crippen molar-refractivity contribution in [3.63, 3.8) is 0 Å². The molecule has 18 heavy (non-hydrogen) atoms. The van der Waals surface area contributed by atoms with Crippen molar-refractivity contribution in [1.82, 2.24) is 14.5 Å². The molecule has 0 aromatic carbocycles. The van der Waals surface area contributed by atoms with E-state index >= 15 is 0 Å². The van der Waals surface area contributed by atoms with Crippen molar-refractivity contribution >= 4 is 18.3 Å². The highest BCUT2D eigenvalue weighted by molar-refractivity contribution is 5.85. The van der Waals surface area contributed by atoms with Gasteiger partial charge in [0.25, 0.3) is 0 Å². The SMILES string of the molecule is Cc1nccn1CC1CCCN1C(=O)C(C)N.Cl. The normalized spacial score (nSPS) is 20.6. The van der Waals surface area contributed by atoms with Gasteiger partial charge in [0, 0.05) is 31.5 Å². The summed E-state index contributed by atoms with van der Waals surface area (Å²) in [6.45, 7) is 5.38. The van der Waals surface area contributed by atoms with Crippen molar-refractivity contribution in [2.45, 2.75) is 45.3 Å². The zero-order valence-electron chi connectivity index (χ0n) is 10.9. The van der Waals surface area contributed by atoms with E-state index in [-0.39, 0.29) is 24.4 Å². The van der Waals surface area contributed by atoms with E-state index in [1.807, 2.05) is 18.0 Å². The number of halogens is 1. The van der Waals surface area contributed by atoms with Gasteiger partial charge in [-0.2, -0.15) is 0 Å². The number of aromatic nitrogens is 2. The first-order valence-electron chi connectivity index (χ1n) is 6.13. The predicted octanol–water partition coefficient (Wildman–Crippen LogP) is 0.952. The minimum absolute atomic E-state index is 0. The molecule has 102 valence electrons. The van der Waals surface area contributed by atoms with Crippen LogP contribution in [0.1, 0.15) is 25.6 Å². The van der Waals surface area contributed by atoms with Gasteiger partial charge in [-0.05, 0) is 26.7 Å². The van der Waals surface area contributed by atoms with Crippen LogP contribution < -0.4 is 5.73 Å². The number of aryl methyl sites for hydroxylation is 1. The van der Waals surface area contributed by atoms with Crippen LogP contribution in [0.25, 0.3) is 0 Å². The molecule has 2 rings (SSSR count). The Labute approximate surface area is 114 Å². The Kier molecular flexibility index (Phi) is 5.16. The number of amides is 1. The minimum atomic E-state index is -0.403. The fraction of sp³-hybridized carbons (Fsp3) is 0.667. The second-order valence-electron chi connectivity index (χ2n) is 4.74. The van der Waals surface area contributed by atoms with Gasteiger partial charge in [0.15, 0.2) is 0 Å². The average Bonchev–Trinajstić information content (AvgIpc) is 2.88. The highest BCUT2D eigenvalue weighted by Crippen LogP contribution is 2.20. The van der Waals surface area contributed by atoms with E-state index in [0.717, 1.165) is 31.8 Å². The molecule has 0 spiro atoms. The van der Waals surface area contributed by atoms with Crippen molar-refractivity contribution in [2.75, 3.05) is 6.54 Å². The number of carbonyl (C=O) groups excluding carboxylic acids is 1. The fourth-order valence-electron chi connectivity index (χ4n) is 2.40. The Balaban J connectivity index is 0.00000162. The van der Waals surface area contributed by atoms with Gasteiger partial charge in [0.05, 0.1) is 6.04 Å². The Bertz CT molecular complexity index is 405. The standard InChI is InChI=1S/C12H20N4O.ClH/c1-9(13)12(17)16-6-3-4-11(16)8-15-7-5-14-10(15)2;/h5,7,9,11H,3-4,6,8,13H2,1-2H3;1H. The maximum Gasteiger partial charge on any atom is 0.239 e. The van der Waals surface area contributed by atoms with Crippen molar-refractivity contribution in [3.05, 3.63) is 18.2 Å². The van der Waals surface area contributed by atoms with E-state index in [1.54, 1.807) is 13.1 Å². The van der Waals surface area contributed by atoms with Gasteiger partial charge < -0.3 is 15.2 Å². The zero-order chi connectivity index (χ0) is 12.4. The number of rotatable bonds is 3. The smallest absolute Gasteiger partial charge is 0.239 e. The lowest BCUT2D eigenvalue weighted by atomic mass is 10.2. The van der Waals surface area contributed by atoms with E-state index in [1.165, 1.54) is 0 Å². The molecule has 6 heteroatoms. The molecule has 1 aliphatic rings. The Morgan fingerprint density at radius 1 is 1.67 bits per heavy atom. The molecule has 0 aliphatic carbocycles. The molecule has 1 saturated heterocycles. The molecular weight excluding hydrogens is 252 g/mol. The van der Waals surface area contributed by atoms with Crippen LogP contribution >= 0.6 is 12.4 Å². The zero-order valence-corrected chi connectivity index (χ0v) is 11.7. The van der Waals surface area contributed by atoms with Gasteiger partial charge >= 0.3 is 0 Å². The third-order valence-electron chi connectivity index (χ3n) is 3.38. The monoisotopic (exact) mass is 272 g/mol. The number of imidazole rings is 1. The highest BCUT2D eigenvalue weighted by Gasteiger charge is 2.30. The molecule has 1 aromatic rings.